The SMILES string of the molecule is CC(=Cc1csc(C=O)n1)C1CC2OC2CCCC(C)C(O)C(C)C(=O)C(C)(C)C(O)CC(=O)O1. The highest BCUT2D eigenvalue weighted by Gasteiger charge is 2.44. The number of nitrogens with zero attached hydrogens (tertiary/aromatic N) is 1. The van der Waals surface area contributed by atoms with Crippen molar-refractivity contribution in [2.75, 3.05) is 0 Å². The smallest absolute Gasteiger partial charge is 0.309 e. The number of carbonyl (C=O) groups excluding carboxylic acids is 3. The molecular formula is C26H37NO7S. The number of esters is 1. The van der Waals surface area contributed by atoms with Crippen LogP contribution in [0.15, 0.2) is 11.0 Å². The Hall–Kier alpha value is -1.94. The monoisotopic (exact) mass is 507 g/mol. The number of aliphatic hydroxyl groups is 2. The number of rotatable bonds is 3. The van der Waals surface area contributed by atoms with Gasteiger partial charge in [0.05, 0.1) is 41.9 Å². The van der Waals surface area contributed by atoms with Gasteiger partial charge in [0.15, 0.2) is 11.3 Å². The van der Waals surface area contributed by atoms with Gasteiger partial charge in [0, 0.05) is 17.7 Å². The summed E-state index contributed by atoms with van der Waals surface area (Å²) in [6, 6.07) is 0. The van der Waals surface area contributed by atoms with Gasteiger partial charge in [0.2, 0.25) is 0 Å². The van der Waals surface area contributed by atoms with Gasteiger partial charge in [-0.25, -0.2) is 4.98 Å². The predicted molar refractivity (Wildman–Crippen MR) is 132 cm³/mol. The van der Waals surface area contributed by atoms with Gasteiger partial charge in [-0.2, -0.15) is 0 Å². The maximum absolute atomic E-state index is 13.2. The number of cyclic esters (lactones) is 1. The minimum Gasteiger partial charge on any atom is -0.458 e. The van der Waals surface area contributed by atoms with Crippen molar-refractivity contribution in [1.29, 1.82) is 0 Å². The third-order valence-electron chi connectivity index (χ3n) is 7.42. The van der Waals surface area contributed by atoms with Crippen molar-refractivity contribution in [3.63, 3.8) is 0 Å². The molecule has 0 radical (unpaired) electrons. The third kappa shape index (κ3) is 6.84. The first-order valence-corrected chi connectivity index (χ1v) is 13.2. The molecule has 9 heteroatoms. The zero-order chi connectivity index (χ0) is 25.9. The van der Waals surface area contributed by atoms with E-state index in [-0.39, 0.29) is 30.3 Å². The number of aromatic nitrogens is 1. The molecule has 2 fully saturated rings. The molecular weight excluding hydrogens is 470 g/mol. The molecule has 0 spiro atoms. The highest BCUT2D eigenvalue weighted by atomic mass is 32.1. The van der Waals surface area contributed by atoms with Crippen molar-refractivity contribution in [2.45, 2.75) is 97.2 Å². The van der Waals surface area contributed by atoms with Crippen LogP contribution in [0.4, 0.5) is 0 Å². The average molecular weight is 508 g/mol. The van der Waals surface area contributed by atoms with Gasteiger partial charge in [-0.05, 0) is 37.3 Å². The summed E-state index contributed by atoms with van der Waals surface area (Å²) in [4.78, 5) is 41.2. The summed E-state index contributed by atoms with van der Waals surface area (Å²) >= 11 is 1.24. The molecule has 2 aliphatic rings. The van der Waals surface area contributed by atoms with Crippen LogP contribution in [0.3, 0.4) is 0 Å². The highest BCUT2D eigenvalue weighted by Crippen LogP contribution is 2.36. The number of ether oxygens (including phenoxy) is 2. The molecule has 1 aromatic heterocycles. The fourth-order valence-electron chi connectivity index (χ4n) is 4.76. The molecule has 3 rings (SSSR count). The van der Waals surface area contributed by atoms with Crippen LogP contribution in [-0.4, -0.2) is 63.8 Å². The van der Waals surface area contributed by atoms with Crippen molar-refractivity contribution < 1.29 is 34.1 Å². The number of Topliss-reactive ketones (excluding diaryl/α,β-unsaturated/α-hetero) is 1. The molecule has 0 aromatic carbocycles. The van der Waals surface area contributed by atoms with E-state index in [0.717, 1.165) is 24.8 Å². The number of carbonyl (C=O) groups is 3. The maximum Gasteiger partial charge on any atom is 0.309 e. The van der Waals surface area contributed by atoms with Gasteiger partial charge >= 0.3 is 5.97 Å². The van der Waals surface area contributed by atoms with Gasteiger partial charge in [-0.15, -0.1) is 11.3 Å². The number of aliphatic hydroxyl groups excluding tert-OH is 2. The lowest BCUT2D eigenvalue weighted by atomic mass is 9.73. The Morgan fingerprint density at radius 1 is 1.20 bits per heavy atom. The molecule has 0 aliphatic carbocycles. The largest absolute Gasteiger partial charge is 0.458 e. The first-order chi connectivity index (χ1) is 16.4. The van der Waals surface area contributed by atoms with E-state index in [1.807, 2.05) is 13.8 Å². The van der Waals surface area contributed by atoms with Gasteiger partial charge in [0.25, 0.3) is 0 Å². The number of ketones is 1. The number of hydrogen-bond acceptors (Lipinski definition) is 9. The molecule has 0 saturated carbocycles. The number of hydrogen-bond donors (Lipinski definition) is 2. The Labute approximate surface area is 210 Å². The van der Waals surface area contributed by atoms with Crippen LogP contribution >= 0.6 is 11.3 Å². The van der Waals surface area contributed by atoms with Crippen LogP contribution in [0, 0.1) is 17.3 Å². The van der Waals surface area contributed by atoms with Crippen molar-refractivity contribution >= 4 is 35.5 Å². The third-order valence-corrected chi connectivity index (χ3v) is 8.21. The molecule has 3 heterocycles. The van der Waals surface area contributed by atoms with Crippen LogP contribution in [0.5, 0.6) is 0 Å². The number of aldehydes is 1. The Kier molecular flexibility index (Phi) is 9.01. The van der Waals surface area contributed by atoms with E-state index in [4.69, 9.17) is 9.47 Å². The molecule has 1 aromatic rings. The van der Waals surface area contributed by atoms with Crippen LogP contribution in [0.25, 0.3) is 6.08 Å². The molecule has 0 amide bonds. The summed E-state index contributed by atoms with van der Waals surface area (Å²) in [7, 11) is 0. The number of fused-ring (bicyclic) bond motifs is 1. The van der Waals surface area contributed by atoms with E-state index in [2.05, 4.69) is 4.98 Å². The highest BCUT2D eigenvalue weighted by molar-refractivity contribution is 7.11. The zero-order valence-electron chi connectivity index (χ0n) is 21.1. The molecule has 194 valence electrons. The fraction of sp³-hybridized carbons (Fsp3) is 0.692. The predicted octanol–water partition coefficient (Wildman–Crippen LogP) is 3.59. The van der Waals surface area contributed by atoms with Crippen molar-refractivity contribution in [3.05, 3.63) is 21.7 Å². The van der Waals surface area contributed by atoms with E-state index in [0.29, 0.717) is 23.4 Å². The second-order valence-electron chi connectivity index (χ2n) is 10.5. The minimum atomic E-state index is -1.26. The first-order valence-electron chi connectivity index (χ1n) is 12.3. The second kappa shape index (κ2) is 11.4. The quantitative estimate of drug-likeness (QED) is 0.361. The lowest BCUT2D eigenvalue weighted by Crippen LogP contribution is -2.45. The van der Waals surface area contributed by atoms with Crippen LogP contribution in [0.1, 0.15) is 82.2 Å². The van der Waals surface area contributed by atoms with E-state index in [1.165, 1.54) is 11.3 Å². The summed E-state index contributed by atoms with van der Waals surface area (Å²) in [5, 5.41) is 23.7. The second-order valence-corrected chi connectivity index (χ2v) is 11.4. The Bertz CT molecular complexity index is 955. The topological polar surface area (TPSA) is 126 Å². The fourth-order valence-corrected chi connectivity index (χ4v) is 5.33. The van der Waals surface area contributed by atoms with Gasteiger partial charge in [-0.3, -0.25) is 14.4 Å². The average Bonchev–Trinajstić information content (AvgIpc) is 3.38. The molecule has 2 N–H and O–H groups in total. The van der Waals surface area contributed by atoms with Crippen LogP contribution in [0.2, 0.25) is 0 Å². The van der Waals surface area contributed by atoms with E-state index in [9.17, 15) is 24.6 Å². The van der Waals surface area contributed by atoms with Crippen molar-refractivity contribution in [1.82, 2.24) is 4.98 Å². The number of epoxide rings is 1. The van der Waals surface area contributed by atoms with Gasteiger partial charge < -0.3 is 19.7 Å². The molecule has 7 atom stereocenters. The molecule has 2 saturated heterocycles. The zero-order valence-corrected chi connectivity index (χ0v) is 21.9. The van der Waals surface area contributed by atoms with Gasteiger partial charge in [-0.1, -0.05) is 34.1 Å². The van der Waals surface area contributed by atoms with E-state index in [1.54, 1.807) is 32.2 Å². The van der Waals surface area contributed by atoms with E-state index < -0.39 is 35.6 Å². The molecule has 2 aliphatic heterocycles. The molecule has 0 bridgehead atoms. The summed E-state index contributed by atoms with van der Waals surface area (Å²) in [5.74, 6) is -1.65. The normalized spacial score (nSPS) is 35.2. The molecule has 35 heavy (non-hydrogen) atoms. The lowest BCUT2D eigenvalue weighted by Gasteiger charge is -2.34. The number of thiazole rings is 1. The standard InChI is InChI=1S/C26H37NO7S/c1-14-7-6-8-18-20(33-18)10-19(15(2)9-17-13-35-22(12-28)27-17)34-23(30)11-21(29)26(4,5)25(32)16(3)24(14)31/h9,12-14,16,18-21,24,29,31H,6-8,10-11H2,1-5H3. The van der Waals surface area contributed by atoms with Crippen LogP contribution < -0.4 is 0 Å². The summed E-state index contributed by atoms with van der Waals surface area (Å²) in [6.45, 7) is 8.65. The minimum absolute atomic E-state index is 0.0490. The Balaban J connectivity index is 1.82. The van der Waals surface area contributed by atoms with Crippen molar-refractivity contribution in [3.8, 4) is 0 Å². The maximum atomic E-state index is 13.2. The first kappa shape index (κ1) is 27.6. The van der Waals surface area contributed by atoms with Crippen LogP contribution in [-0.2, 0) is 19.1 Å². The summed E-state index contributed by atoms with van der Waals surface area (Å²) in [5.41, 5.74) is 0.138. The van der Waals surface area contributed by atoms with Gasteiger partial charge in [0.1, 0.15) is 11.9 Å². The van der Waals surface area contributed by atoms with E-state index >= 15 is 0 Å². The Morgan fingerprint density at radius 2 is 1.91 bits per heavy atom. The summed E-state index contributed by atoms with van der Waals surface area (Å²) in [6.07, 6.45) is 2.37. The molecule has 7 unspecified atom stereocenters. The summed E-state index contributed by atoms with van der Waals surface area (Å²) < 4.78 is 11.6. The van der Waals surface area contributed by atoms with Crippen molar-refractivity contribution in [2.24, 2.45) is 17.3 Å². The lowest BCUT2D eigenvalue weighted by molar-refractivity contribution is -0.154. The molecule has 8 nitrogen and oxygen atoms in total. The Morgan fingerprint density at radius 3 is 2.57 bits per heavy atom.